The topological polar surface area (TPSA) is 32.7 Å². The summed E-state index contributed by atoms with van der Waals surface area (Å²) in [6.07, 6.45) is 5.63. The van der Waals surface area contributed by atoms with Crippen LogP contribution in [0.5, 0.6) is 0 Å². The summed E-state index contributed by atoms with van der Waals surface area (Å²) in [5.74, 6) is 0. The van der Waals surface area contributed by atoms with Crippen molar-refractivity contribution in [2.24, 2.45) is 5.41 Å². The van der Waals surface area contributed by atoms with E-state index in [1.165, 1.54) is 12.8 Å². The number of nitrogens with zero attached hydrogens (tertiary/aromatic N) is 1. The molecule has 2 fully saturated rings. The highest BCUT2D eigenvalue weighted by atomic mass is 16.5. The van der Waals surface area contributed by atoms with E-state index in [1.54, 1.807) is 0 Å². The summed E-state index contributed by atoms with van der Waals surface area (Å²) in [6, 6.07) is 0. The molecule has 2 saturated heterocycles. The summed E-state index contributed by atoms with van der Waals surface area (Å²) < 4.78 is 5.83. The number of aliphatic hydroxyl groups excluding tert-OH is 1. The van der Waals surface area contributed by atoms with Crippen molar-refractivity contribution in [1.29, 1.82) is 0 Å². The third-order valence-electron chi connectivity index (χ3n) is 3.96. The molecule has 3 atom stereocenters. The zero-order valence-corrected chi connectivity index (χ0v) is 10.6. The van der Waals surface area contributed by atoms with Crippen LogP contribution in [0.4, 0.5) is 0 Å². The lowest BCUT2D eigenvalue weighted by atomic mass is 9.85. The fourth-order valence-corrected chi connectivity index (χ4v) is 3.18. The Bertz CT molecular complexity index is 222. The van der Waals surface area contributed by atoms with Gasteiger partial charge in [-0.05, 0) is 19.3 Å². The molecule has 3 unspecified atom stereocenters. The summed E-state index contributed by atoms with van der Waals surface area (Å²) >= 11 is 0. The number of hydrogen-bond acceptors (Lipinski definition) is 3. The lowest BCUT2D eigenvalue weighted by Gasteiger charge is -2.38. The van der Waals surface area contributed by atoms with E-state index < -0.39 is 0 Å². The molecule has 2 aliphatic rings. The Hall–Kier alpha value is -0.120. The maximum Gasteiger partial charge on any atom is 0.0707 e. The monoisotopic (exact) mass is 227 g/mol. The Kier molecular flexibility index (Phi) is 3.88. The molecular formula is C13H25NO2. The predicted molar refractivity (Wildman–Crippen MR) is 64.4 cm³/mol. The zero-order chi connectivity index (χ0) is 11.6. The second kappa shape index (κ2) is 5.03. The lowest BCUT2D eigenvalue weighted by molar-refractivity contribution is -0.0550. The number of ether oxygens (including phenoxy) is 1. The lowest BCUT2D eigenvalue weighted by Crippen LogP contribution is -2.47. The third-order valence-corrected chi connectivity index (χ3v) is 3.96. The van der Waals surface area contributed by atoms with Crippen molar-refractivity contribution in [2.45, 2.75) is 51.7 Å². The fraction of sp³-hybridized carbons (Fsp3) is 1.00. The first-order valence-corrected chi connectivity index (χ1v) is 6.64. The van der Waals surface area contributed by atoms with Gasteiger partial charge in [0.1, 0.15) is 0 Å². The molecule has 1 N–H and O–H groups in total. The Labute approximate surface area is 98.8 Å². The largest absolute Gasteiger partial charge is 0.396 e. The van der Waals surface area contributed by atoms with Crippen molar-refractivity contribution in [3.63, 3.8) is 0 Å². The molecule has 2 bridgehead atoms. The van der Waals surface area contributed by atoms with Gasteiger partial charge in [0.15, 0.2) is 0 Å². The number of hydrogen-bond donors (Lipinski definition) is 1. The van der Waals surface area contributed by atoms with Gasteiger partial charge in [-0.15, -0.1) is 0 Å². The van der Waals surface area contributed by atoms with Crippen LogP contribution in [0.3, 0.4) is 0 Å². The summed E-state index contributed by atoms with van der Waals surface area (Å²) in [5, 5.41) is 9.54. The van der Waals surface area contributed by atoms with Gasteiger partial charge in [0.2, 0.25) is 0 Å². The highest BCUT2D eigenvalue weighted by Crippen LogP contribution is 2.30. The number of fused-ring (bicyclic) bond motifs is 2. The summed E-state index contributed by atoms with van der Waals surface area (Å²) in [6.45, 7) is 7.84. The van der Waals surface area contributed by atoms with Crippen molar-refractivity contribution in [2.75, 3.05) is 26.2 Å². The van der Waals surface area contributed by atoms with Gasteiger partial charge in [0.05, 0.1) is 12.2 Å². The molecule has 3 nitrogen and oxygen atoms in total. The van der Waals surface area contributed by atoms with Crippen LogP contribution in [0.2, 0.25) is 0 Å². The normalized spacial score (nSPS) is 33.9. The molecule has 94 valence electrons. The molecule has 0 radical (unpaired) electrons. The second-order valence-electron chi connectivity index (χ2n) is 5.87. The molecule has 2 rings (SSSR count). The maximum absolute atomic E-state index is 9.54. The smallest absolute Gasteiger partial charge is 0.0707 e. The zero-order valence-electron chi connectivity index (χ0n) is 10.6. The highest BCUT2D eigenvalue weighted by molar-refractivity contribution is 4.88. The Morgan fingerprint density at radius 2 is 1.94 bits per heavy atom. The van der Waals surface area contributed by atoms with Crippen LogP contribution in [-0.4, -0.2) is 48.5 Å². The Morgan fingerprint density at radius 3 is 2.44 bits per heavy atom. The summed E-state index contributed by atoms with van der Waals surface area (Å²) in [5.41, 5.74) is 0.0749. The van der Waals surface area contributed by atoms with E-state index in [-0.39, 0.29) is 5.41 Å². The highest BCUT2D eigenvalue weighted by Gasteiger charge is 2.36. The number of morpholine rings is 1. The number of likely N-dealkylation sites (tertiary alicyclic amines) is 1. The standard InChI is InChI=1S/C13H25NO2/c1-3-6-13(2,10-15)9-14-7-11-4-5-12(8-14)16-11/h11-12,15H,3-10H2,1-2H3. The van der Waals surface area contributed by atoms with Gasteiger partial charge in [0, 0.05) is 31.7 Å². The van der Waals surface area contributed by atoms with E-state index in [1.807, 2.05) is 0 Å². The molecule has 0 aromatic heterocycles. The van der Waals surface area contributed by atoms with Crippen LogP contribution in [0.15, 0.2) is 0 Å². The molecule has 0 aromatic carbocycles. The predicted octanol–water partition coefficient (Wildman–Crippen LogP) is 1.65. The minimum absolute atomic E-state index is 0.0749. The first kappa shape index (κ1) is 12.3. The molecule has 0 saturated carbocycles. The van der Waals surface area contributed by atoms with Gasteiger partial charge in [-0.3, -0.25) is 4.90 Å². The minimum atomic E-state index is 0.0749. The van der Waals surface area contributed by atoms with E-state index in [9.17, 15) is 5.11 Å². The molecule has 0 amide bonds. The van der Waals surface area contributed by atoms with Crippen molar-refractivity contribution in [3.8, 4) is 0 Å². The Morgan fingerprint density at radius 1 is 1.31 bits per heavy atom. The molecule has 2 heterocycles. The van der Waals surface area contributed by atoms with Crippen LogP contribution < -0.4 is 0 Å². The van der Waals surface area contributed by atoms with E-state index in [4.69, 9.17) is 4.74 Å². The van der Waals surface area contributed by atoms with Crippen molar-refractivity contribution >= 4 is 0 Å². The average Bonchev–Trinajstić information content (AvgIpc) is 2.58. The molecule has 0 spiro atoms. The number of aliphatic hydroxyl groups is 1. The minimum Gasteiger partial charge on any atom is -0.396 e. The van der Waals surface area contributed by atoms with Gasteiger partial charge < -0.3 is 9.84 Å². The fourth-order valence-electron chi connectivity index (χ4n) is 3.18. The quantitative estimate of drug-likeness (QED) is 0.775. The molecule has 16 heavy (non-hydrogen) atoms. The molecule has 3 heteroatoms. The second-order valence-corrected chi connectivity index (χ2v) is 5.87. The van der Waals surface area contributed by atoms with Gasteiger partial charge in [-0.2, -0.15) is 0 Å². The van der Waals surface area contributed by atoms with Crippen LogP contribution >= 0.6 is 0 Å². The van der Waals surface area contributed by atoms with Crippen molar-refractivity contribution in [3.05, 3.63) is 0 Å². The molecule has 2 aliphatic heterocycles. The van der Waals surface area contributed by atoms with Crippen LogP contribution in [-0.2, 0) is 4.74 Å². The third kappa shape index (κ3) is 2.76. The maximum atomic E-state index is 9.54. The average molecular weight is 227 g/mol. The summed E-state index contributed by atoms with van der Waals surface area (Å²) in [7, 11) is 0. The van der Waals surface area contributed by atoms with Gasteiger partial charge in [-0.1, -0.05) is 20.3 Å². The van der Waals surface area contributed by atoms with E-state index in [2.05, 4.69) is 18.7 Å². The van der Waals surface area contributed by atoms with Crippen LogP contribution in [0, 0.1) is 5.41 Å². The molecular weight excluding hydrogens is 202 g/mol. The SMILES string of the molecule is CCCC(C)(CO)CN1CC2CCC(C1)O2. The van der Waals surface area contributed by atoms with Crippen LogP contribution in [0.25, 0.3) is 0 Å². The molecule has 0 aromatic rings. The first-order valence-electron chi connectivity index (χ1n) is 6.64. The van der Waals surface area contributed by atoms with E-state index in [0.29, 0.717) is 18.8 Å². The van der Waals surface area contributed by atoms with Crippen molar-refractivity contribution < 1.29 is 9.84 Å². The van der Waals surface area contributed by atoms with Gasteiger partial charge in [0.25, 0.3) is 0 Å². The van der Waals surface area contributed by atoms with Crippen LogP contribution in [0.1, 0.15) is 39.5 Å². The van der Waals surface area contributed by atoms with E-state index in [0.717, 1.165) is 32.5 Å². The van der Waals surface area contributed by atoms with Gasteiger partial charge in [-0.25, -0.2) is 0 Å². The van der Waals surface area contributed by atoms with Gasteiger partial charge >= 0.3 is 0 Å². The Balaban J connectivity index is 1.88. The number of rotatable bonds is 5. The molecule has 0 aliphatic carbocycles. The van der Waals surface area contributed by atoms with E-state index >= 15 is 0 Å². The summed E-state index contributed by atoms with van der Waals surface area (Å²) in [4.78, 5) is 2.50. The first-order chi connectivity index (χ1) is 7.65. The van der Waals surface area contributed by atoms with Crippen molar-refractivity contribution in [1.82, 2.24) is 4.90 Å².